The van der Waals surface area contributed by atoms with Gasteiger partial charge in [0.15, 0.2) is 16.7 Å². The molecule has 38 heavy (non-hydrogen) atoms. The lowest BCUT2D eigenvalue weighted by Gasteiger charge is -2.16. The van der Waals surface area contributed by atoms with E-state index in [0.717, 1.165) is 5.56 Å². The third-order valence-corrected chi connectivity index (χ3v) is 7.06. The van der Waals surface area contributed by atoms with Crippen LogP contribution in [0.2, 0.25) is 10.0 Å². The largest absolute Gasteiger partial charge is 0.493 e. The smallest absolute Gasteiger partial charge is 0.269 e. The van der Waals surface area contributed by atoms with Gasteiger partial charge in [-0.2, -0.15) is 0 Å². The van der Waals surface area contributed by atoms with Crippen molar-refractivity contribution in [3.63, 3.8) is 0 Å². The molecule has 0 radical (unpaired) electrons. The molecule has 1 aliphatic rings. The quantitative estimate of drug-likeness (QED) is 0.127. The van der Waals surface area contributed by atoms with Crippen LogP contribution >= 0.6 is 35.0 Å². The lowest BCUT2D eigenvalue weighted by Crippen LogP contribution is -2.19. The summed E-state index contributed by atoms with van der Waals surface area (Å²) in [6.45, 7) is 3.92. The van der Waals surface area contributed by atoms with Crippen LogP contribution in [0.25, 0.3) is 6.08 Å². The van der Waals surface area contributed by atoms with E-state index in [9.17, 15) is 14.9 Å². The number of nitrogens with zero attached hydrogens (tertiary/aromatic N) is 2. The fourth-order valence-corrected chi connectivity index (χ4v) is 4.80. The van der Waals surface area contributed by atoms with Gasteiger partial charge < -0.3 is 14.8 Å². The molecule has 11 heteroatoms. The first kappa shape index (κ1) is 27.3. The summed E-state index contributed by atoms with van der Waals surface area (Å²) in [6.07, 6.45) is 3.92. The number of aliphatic imine (C=N–C) groups is 1. The van der Waals surface area contributed by atoms with Gasteiger partial charge in [0.2, 0.25) is 0 Å². The molecule has 1 N–H and O–H groups in total. The summed E-state index contributed by atoms with van der Waals surface area (Å²) in [4.78, 5) is 28.1. The molecule has 0 aromatic heterocycles. The van der Waals surface area contributed by atoms with E-state index in [0.29, 0.717) is 54.9 Å². The van der Waals surface area contributed by atoms with Gasteiger partial charge in [-0.3, -0.25) is 14.9 Å². The second-order valence-corrected chi connectivity index (χ2v) is 9.79. The third-order valence-electron chi connectivity index (χ3n) is 5.34. The second-order valence-electron chi connectivity index (χ2n) is 7.97. The van der Waals surface area contributed by atoms with Crippen molar-refractivity contribution in [1.82, 2.24) is 5.32 Å². The van der Waals surface area contributed by atoms with E-state index < -0.39 is 4.92 Å². The number of hydrogen-bond donors (Lipinski definition) is 1. The number of nitro groups is 1. The van der Waals surface area contributed by atoms with E-state index in [1.165, 1.54) is 31.0 Å². The Morgan fingerprint density at radius 1 is 1.18 bits per heavy atom. The fourth-order valence-electron chi connectivity index (χ4n) is 3.62. The Morgan fingerprint density at radius 2 is 1.97 bits per heavy atom. The summed E-state index contributed by atoms with van der Waals surface area (Å²) in [7, 11) is 1.51. The number of amidine groups is 1. The molecule has 1 aliphatic heterocycles. The summed E-state index contributed by atoms with van der Waals surface area (Å²) in [5.41, 5.74) is 2.56. The van der Waals surface area contributed by atoms with Gasteiger partial charge in [0.05, 0.1) is 32.7 Å². The number of nitrogens with one attached hydrogen (secondary N) is 1. The minimum atomic E-state index is -0.452. The van der Waals surface area contributed by atoms with Crippen LogP contribution in [-0.2, 0) is 17.8 Å². The highest BCUT2D eigenvalue weighted by atomic mass is 35.5. The maximum atomic E-state index is 12.6. The molecule has 8 nitrogen and oxygen atoms in total. The van der Waals surface area contributed by atoms with Crippen LogP contribution in [0.5, 0.6) is 11.5 Å². The molecule has 0 aliphatic carbocycles. The summed E-state index contributed by atoms with van der Waals surface area (Å²) < 4.78 is 11.6. The summed E-state index contributed by atoms with van der Waals surface area (Å²) in [5, 5.41) is 14.9. The van der Waals surface area contributed by atoms with E-state index in [1.807, 2.05) is 6.07 Å². The van der Waals surface area contributed by atoms with Crippen molar-refractivity contribution < 1.29 is 19.2 Å². The second kappa shape index (κ2) is 12.2. The first-order chi connectivity index (χ1) is 18.3. The lowest BCUT2D eigenvalue weighted by atomic mass is 10.0. The molecule has 1 amide bonds. The molecule has 3 aromatic carbocycles. The number of thioether (sulfide) groups is 1. The van der Waals surface area contributed by atoms with Crippen molar-refractivity contribution in [3.8, 4) is 11.5 Å². The number of ether oxygens (including phenoxy) is 2. The van der Waals surface area contributed by atoms with Crippen molar-refractivity contribution in [2.45, 2.75) is 13.0 Å². The van der Waals surface area contributed by atoms with Gasteiger partial charge >= 0.3 is 0 Å². The molecule has 1 fully saturated rings. The monoisotopic (exact) mass is 569 g/mol. The highest BCUT2D eigenvalue weighted by Gasteiger charge is 2.25. The number of nitro benzene ring substituents is 1. The van der Waals surface area contributed by atoms with E-state index >= 15 is 0 Å². The average molecular weight is 570 g/mol. The number of halogens is 2. The van der Waals surface area contributed by atoms with Crippen LogP contribution in [0.15, 0.2) is 77.1 Å². The molecule has 0 bridgehead atoms. The van der Waals surface area contributed by atoms with Crippen LogP contribution in [-0.4, -0.2) is 23.1 Å². The number of rotatable bonds is 9. The Kier molecular flexibility index (Phi) is 8.73. The number of methoxy groups -OCH3 is 1. The van der Waals surface area contributed by atoms with Crippen molar-refractivity contribution in [2.24, 2.45) is 4.99 Å². The highest BCUT2D eigenvalue weighted by Crippen LogP contribution is 2.37. The van der Waals surface area contributed by atoms with E-state index in [-0.39, 0.29) is 18.2 Å². The number of allylic oxidation sites excluding steroid dienone is 1. The topological polar surface area (TPSA) is 103 Å². The predicted molar refractivity (Wildman–Crippen MR) is 152 cm³/mol. The van der Waals surface area contributed by atoms with Gasteiger partial charge in [-0.1, -0.05) is 47.5 Å². The molecule has 4 rings (SSSR count). The predicted octanol–water partition coefficient (Wildman–Crippen LogP) is 7.11. The maximum absolute atomic E-state index is 12.6. The third kappa shape index (κ3) is 6.36. The fraction of sp³-hybridized carbons (Fsp3) is 0.111. The van der Waals surface area contributed by atoms with E-state index in [2.05, 4.69) is 16.9 Å². The van der Waals surface area contributed by atoms with Gasteiger partial charge in [0, 0.05) is 17.7 Å². The molecule has 1 saturated heterocycles. The number of hydrogen-bond acceptors (Lipinski definition) is 7. The number of carbonyl (C=O) groups is 1. The standard InChI is InChI=1S/C27H21Cl2N3O5S/c1-3-6-18-11-17(13-22(36-2)25(18)37-15-16-7-4-8-19(12-16)32(34)35)14-23-26(33)31-27(38-23)30-21-10-5-9-20(28)24(21)29/h3-5,7-14H,1,6,15H2,2H3,(H,30,31,33). The number of carbonyl (C=O) groups excluding carboxylic acids is 1. The van der Waals surface area contributed by atoms with Crippen LogP contribution in [0.1, 0.15) is 16.7 Å². The van der Waals surface area contributed by atoms with Gasteiger partial charge in [-0.05, 0) is 59.7 Å². The zero-order valence-electron chi connectivity index (χ0n) is 20.1. The van der Waals surface area contributed by atoms with Crippen molar-refractivity contribution >= 4 is 63.5 Å². The summed E-state index contributed by atoms with van der Waals surface area (Å²) >= 11 is 13.4. The van der Waals surface area contributed by atoms with Crippen molar-refractivity contribution in [1.29, 1.82) is 0 Å². The molecular formula is C27H21Cl2N3O5S. The van der Waals surface area contributed by atoms with Crippen molar-refractivity contribution in [2.75, 3.05) is 7.11 Å². The molecule has 194 valence electrons. The Hall–Kier alpha value is -3.79. The SMILES string of the molecule is C=CCc1cc(C=C2SC(=Nc3cccc(Cl)c3Cl)NC2=O)cc(OC)c1OCc1cccc([N+](=O)[O-])c1. The molecule has 0 atom stereocenters. The molecule has 3 aromatic rings. The average Bonchev–Trinajstić information content (AvgIpc) is 3.24. The molecule has 0 saturated carbocycles. The molecule has 0 unspecified atom stereocenters. The Balaban J connectivity index is 1.61. The summed E-state index contributed by atoms with van der Waals surface area (Å²) in [6, 6.07) is 14.9. The highest BCUT2D eigenvalue weighted by molar-refractivity contribution is 8.18. The molecule has 0 spiro atoms. The number of amides is 1. The Bertz CT molecular complexity index is 1490. The van der Waals surface area contributed by atoms with Gasteiger partial charge in [0.1, 0.15) is 6.61 Å². The zero-order chi connectivity index (χ0) is 27.2. The van der Waals surface area contributed by atoms with Crippen LogP contribution < -0.4 is 14.8 Å². The van der Waals surface area contributed by atoms with E-state index in [4.69, 9.17) is 32.7 Å². The first-order valence-electron chi connectivity index (χ1n) is 11.2. The van der Waals surface area contributed by atoms with Crippen LogP contribution in [0.3, 0.4) is 0 Å². The summed E-state index contributed by atoms with van der Waals surface area (Å²) in [5.74, 6) is 0.634. The Morgan fingerprint density at radius 3 is 2.71 bits per heavy atom. The van der Waals surface area contributed by atoms with E-state index in [1.54, 1.807) is 48.6 Å². The maximum Gasteiger partial charge on any atom is 0.269 e. The van der Waals surface area contributed by atoms with Crippen LogP contribution in [0.4, 0.5) is 11.4 Å². The molecule has 1 heterocycles. The van der Waals surface area contributed by atoms with Crippen LogP contribution in [0, 0.1) is 10.1 Å². The molecular weight excluding hydrogens is 549 g/mol. The first-order valence-corrected chi connectivity index (χ1v) is 12.8. The van der Waals surface area contributed by atoms with Gasteiger partial charge in [-0.25, -0.2) is 4.99 Å². The van der Waals surface area contributed by atoms with Gasteiger partial charge in [0.25, 0.3) is 11.6 Å². The zero-order valence-corrected chi connectivity index (χ0v) is 22.4. The van der Waals surface area contributed by atoms with Crippen molar-refractivity contribution in [3.05, 3.63) is 109 Å². The number of non-ortho nitro benzene ring substituents is 1. The minimum absolute atomic E-state index is 0.0146. The lowest BCUT2D eigenvalue weighted by molar-refractivity contribution is -0.384. The normalized spacial score (nSPS) is 15.0. The Labute approximate surface area is 233 Å². The minimum Gasteiger partial charge on any atom is -0.493 e. The van der Waals surface area contributed by atoms with Gasteiger partial charge in [-0.15, -0.1) is 6.58 Å². The number of benzene rings is 3.